The van der Waals surface area contributed by atoms with Crippen LogP contribution in [0.25, 0.3) is 0 Å². The fourth-order valence-electron chi connectivity index (χ4n) is 2.44. The lowest BCUT2D eigenvalue weighted by molar-refractivity contribution is -0.148. The number of carbonyl (C=O) groups is 1. The molecule has 1 unspecified atom stereocenters. The molecule has 0 aromatic carbocycles. The maximum atomic E-state index is 11.7. The van der Waals surface area contributed by atoms with E-state index >= 15 is 0 Å². The Morgan fingerprint density at radius 2 is 2.18 bits per heavy atom. The zero-order valence-electron chi connectivity index (χ0n) is 10.9. The molecule has 1 heterocycles. The number of esters is 1. The molecule has 4 heteroatoms. The van der Waals surface area contributed by atoms with Crippen molar-refractivity contribution in [3.63, 3.8) is 0 Å². The van der Waals surface area contributed by atoms with Crippen molar-refractivity contribution >= 4 is 5.97 Å². The third kappa shape index (κ3) is 4.28. The number of carbonyl (C=O) groups excluding carboxylic acids is 1. The van der Waals surface area contributed by atoms with Crippen molar-refractivity contribution in [1.29, 1.82) is 0 Å². The number of hydrogen-bond acceptors (Lipinski definition) is 4. The Morgan fingerprint density at radius 3 is 2.71 bits per heavy atom. The average Bonchev–Trinajstić information content (AvgIpc) is 2.96. The van der Waals surface area contributed by atoms with Crippen LogP contribution in [0.1, 0.15) is 39.5 Å². The Balaban J connectivity index is 1.77. The van der Waals surface area contributed by atoms with Gasteiger partial charge in [0, 0.05) is 18.6 Å². The molecular weight excluding hydrogens is 216 g/mol. The Bertz CT molecular complexity index is 258. The summed E-state index contributed by atoms with van der Waals surface area (Å²) in [6.45, 7) is 6.38. The molecular formula is C13H24N2O2. The van der Waals surface area contributed by atoms with Gasteiger partial charge in [-0.1, -0.05) is 0 Å². The predicted molar refractivity (Wildman–Crippen MR) is 66.8 cm³/mol. The molecule has 0 spiro atoms. The molecule has 1 saturated heterocycles. The summed E-state index contributed by atoms with van der Waals surface area (Å²) in [6, 6.07) is 1.19. The van der Waals surface area contributed by atoms with E-state index in [1.165, 1.54) is 25.7 Å². The van der Waals surface area contributed by atoms with Crippen molar-refractivity contribution in [2.45, 2.75) is 57.7 Å². The van der Waals surface area contributed by atoms with Gasteiger partial charge in [0.05, 0.1) is 12.6 Å². The van der Waals surface area contributed by atoms with Crippen molar-refractivity contribution in [2.75, 3.05) is 19.6 Å². The van der Waals surface area contributed by atoms with Gasteiger partial charge in [-0.25, -0.2) is 0 Å². The number of nitrogens with one attached hydrogen (secondary N) is 1. The first-order valence-corrected chi connectivity index (χ1v) is 6.82. The molecule has 0 radical (unpaired) electrons. The summed E-state index contributed by atoms with van der Waals surface area (Å²) in [5.41, 5.74) is 0. The van der Waals surface area contributed by atoms with Crippen LogP contribution in [0.2, 0.25) is 0 Å². The molecule has 0 aromatic rings. The lowest BCUT2D eigenvalue weighted by Crippen LogP contribution is -2.42. The number of ether oxygens (including phenoxy) is 1. The quantitative estimate of drug-likeness (QED) is 0.707. The molecule has 4 nitrogen and oxygen atoms in total. The molecule has 1 saturated carbocycles. The van der Waals surface area contributed by atoms with E-state index in [1.807, 2.05) is 13.8 Å². The van der Waals surface area contributed by atoms with Gasteiger partial charge in [0.1, 0.15) is 0 Å². The molecule has 0 bridgehead atoms. The summed E-state index contributed by atoms with van der Waals surface area (Å²) in [5, 5.41) is 3.49. The predicted octanol–water partition coefficient (Wildman–Crippen LogP) is 1.15. The highest BCUT2D eigenvalue weighted by atomic mass is 16.5. The van der Waals surface area contributed by atoms with Crippen LogP contribution >= 0.6 is 0 Å². The average molecular weight is 240 g/mol. The van der Waals surface area contributed by atoms with Crippen LogP contribution in [-0.2, 0) is 9.53 Å². The third-order valence-corrected chi connectivity index (χ3v) is 3.38. The van der Waals surface area contributed by atoms with Crippen molar-refractivity contribution in [3.05, 3.63) is 0 Å². The van der Waals surface area contributed by atoms with Crippen LogP contribution in [0.15, 0.2) is 0 Å². The van der Waals surface area contributed by atoms with E-state index < -0.39 is 0 Å². The van der Waals surface area contributed by atoms with Crippen LogP contribution in [0, 0.1) is 0 Å². The third-order valence-electron chi connectivity index (χ3n) is 3.38. The largest absolute Gasteiger partial charge is 0.462 e. The van der Waals surface area contributed by atoms with Crippen LogP contribution in [0.3, 0.4) is 0 Å². The zero-order valence-corrected chi connectivity index (χ0v) is 10.9. The minimum absolute atomic E-state index is 0.00633. The van der Waals surface area contributed by atoms with Crippen LogP contribution in [0.5, 0.6) is 0 Å². The van der Waals surface area contributed by atoms with Crippen LogP contribution < -0.4 is 5.32 Å². The maximum Gasteiger partial charge on any atom is 0.320 e. The second-order valence-corrected chi connectivity index (χ2v) is 5.49. The molecule has 1 atom stereocenters. The molecule has 1 aliphatic heterocycles. The minimum Gasteiger partial charge on any atom is -0.462 e. The smallest absolute Gasteiger partial charge is 0.320 e. The lowest BCUT2D eigenvalue weighted by atomic mass is 10.2. The van der Waals surface area contributed by atoms with Crippen molar-refractivity contribution in [3.8, 4) is 0 Å². The van der Waals surface area contributed by atoms with Gasteiger partial charge in [0.2, 0.25) is 0 Å². The fraction of sp³-hybridized carbons (Fsp3) is 0.923. The summed E-state index contributed by atoms with van der Waals surface area (Å²) in [7, 11) is 0. The summed E-state index contributed by atoms with van der Waals surface area (Å²) in [4.78, 5) is 14.0. The molecule has 2 aliphatic rings. The van der Waals surface area contributed by atoms with E-state index in [4.69, 9.17) is 4.74 Å². The van der Waals surface area contributed by atoms with Crippen molar-refractivity contribution in [1.82, 2.24) is 10.2 Å². The van der Waals surface area contributed by atoms with Crippen molar-refractivity contribution in [2.24, 2.45) is 0 Å². The SMILES string of the molecule is CC(C)OC(=O)CN(CC1CCCN1)C1CC1. The summed E-state index contributed by atoms with van der Waals surface area (Å²) in [5.74, 6) is -0.0788. The van der Waals surface area contributed by atoms with Gasteiger partial charge in [0.25, 0.3) is 0 Å². The Kier molecular flexibility index (Phi) is 4.40. The summed E-state index contributed by atoms with van der Waals surface area (Å²) in [6.07, 6.45) is 4.97. The van der Waals surface area contributed by atoms with E-state index in [0.717, 1.165) is 13.1 Å². The van der Waals surface area contributed by atoms with Gasteiger partial charge in [-0.3, -0.25) is 9.69 Å². The van der Waals surface area contributed by atoms with E-state index in [-0.39, 0.29) is 12.1 Å². The molecule has 17 heavy (non-hydrogen) atoms. The highest BCUT2D eigenvalue weighted by molar-refractivity contribution is 5.71. The molecule has 0 amide bonds. The Hall–Kier alpha value is -0.610. The molecule has 2 fully saturated rings. The van der Waals surface area contributed by atoms with Gasteiger partial charge in [-0.15, -0.1) is 0 Å². The Labute approximate surface area is 104 Å². The monoisotopic (exact) mass is 240 g/mol. The number of nitrogens with zero attached hydrogens (tertiary/aromatic N) is 1. The van der Waals surface area contributed by atoms with E-state index in [2.05, 4.69) is 10.2 Å². The van der Waals surface area contributed by atoms with Gasteiger partial charge in [-0.05, 0) is 46.1 Å². The highest BCUT2D eigenvalue weighted by Gasteiger charge is 2.32. The van der Waals surface area contributed by atoms with Gasteiger partial charge in [-0.2, -0.15) is 0 Å². The molecule has 2 rings (SSSR count). The topological polar surface area (TPSA) is 41.6 Å². The zero-order chi connectivity index (χ0) is 12.3. The second-order valence-electron chi connectivity index (χ2n) is 5.49. The molecule has 98 valence electrons. The van der Waals surface area contributed by atoms with E-state index in [1.54, 1.807) is 0 Å². The first-order valence-electron chi connectivity index (χ1n) is 6.82. The Morgan fingerprint density at radius 1 is 1.41 bits per heavy atom. The molecule has 1 N–H and O–H groups in total. The highest BCUT2D eigenvalue weighted by Crippen LogP contribution is 2.27. The second kappa shape index (κ2) is 5.83. The van der Waals surface area contributed by atoms with Gasteiger partial charge in [0.15, 0.2) is 0 Å². The number of rotatable bonds is 6. The van der Waals surface area contributed by atoms with E-state index in [0.29, 0.717) is 18.6 Å². The van der Waals surface area contributed by atoms with Crippen LogP contribution in [0.4, 0.5) is 0 Å². The standard InChI is InChI=1S/C13H24N2O2/c1-10(2)17-13(16)9-15(12-5-6-12)8-11-4-3-7-14-11/h10-12,14H,3-9H2,1-2H3. The van der Waals surface area contributed by atoms with Crippen LogP contribution in [-0.4, -0.2) is 48.7 Å². The first-order chi connectivity index (χ1) is 8.15. The van der Waals surface area contributed by atoms with Crippen molar-refractivity contribution < 1.29 is 9.53 Å². The first kappa shape index (κ1) is 12.8. The molecule has 1 aliphatic carbocycles. The summed E-state index contributed by atoms with van der Waals surface area (Å²) < 4.78 is 5.22. The number of hydrogen-bond donors (Lipinski definition) is 1. The fourth-order valence-corrected chi connectivity index (χ4v) is 2.44. The minimum atomic E-state index is -0.0788. The lowest BCUT2D eigenvalue weighted by Gasteiger charge is -2.24. The normalized spacial score (nSPS) is 24.6. The molecule has 0 aromatic heterocycles. The van der Waals surface area contributed by atoms with E-state index in [9.17, 15) is 4.79 Å². The maximum absolute atomic E-state index is 11.7. The van der Waals surface area contributed by atoms with Gasteiger partial charge >= 0.3 is 5.97 Å². The summed E-state index contributed by atoms with van der Waals surface area (Å²) >= 11 is 0. The van der Waals surface area contributed by atoms with Gasteiger partial charge < -0.3 is 10.1 Å².